The van der Waals surface area contributed by atoms with E-state index >= 15 is 0 Å². The maximum Gasteiger partial charge on any atom is 0.334 e. The molecule has 2 atom stereocenters. The first-order chi connectivity index (χ1) is 11.4. The van der Waals surface area contributed by atoms with Gasteiger partial charge < -0.3 is 0 Å². The van der Waals surface area contributed by atoms with Gasteiger partial charge in [0.2, 0.25) is 0 Å². The fourth-order valence-electron chi connectivity index (χ4n) is 3.45. The number of halogens is 2. The highest BCUT2D eigenvalue weighted by molar-refractivity contribution is 6.44. The number of imide groups is 2. The number of carbonyl (C=O) groups is 3. The van der Waals surface area contributed by atoms with E-state index in [-0.39, 0.29) is 18.5 Å². The van der Waals surface area contributed by atoms with E-state index in [9.17, 15) is 14.4 Å². The summed E-state index contributed by atoms with van der Waals surface area (Å²) >= 11 is 12.0. The summed E-state index contributed by atoms with van der Waals surface area (Å²) in [6.07, 6.45) is 3.76. The predicted molar refractivity (Wildman–Crippen MR) is 90.7 cm³/mol. The monoisotopic (exact) mass is 368 g/mol. The van der Waals surface area contributed by atoms with Crippen molar-refractivity contribution in [2.45, 2.75) is 45.2 Å². The van der Waals surface area contributed by atoms with E-state index in [1.807, 2.05) is 6.92 Å². The normalized spacial score (nSPS) is 24.9. The first-order valence-electron chi connectivity index (χ1n) is 8.03. The molecule has 0 bridgehead atoms. The van der Waals surface area contributed by atoms with Gasteiger partial charge in [-0.1, -0.05) is 49.0 Å². The Balaban J connectivity index is 1.83. The molecule has 1 saturated heterocycles. The van der Waals surface area contributed by atoms with Crippen molar-refractivity contribution in [1.29, 1.82) is 0 Å². The molecule has 0 radical (unpaired) electrons. The highest BCUT2D eigenvalue weighted by Crippen LogP contribution is 2.32. The molecular formula is C17H18Cl2N2O3. The lowest BCUT2D eigenvalue weighted by atomic mass is 9.85. The summed E-state index contributed by atoms with van der Waals surface area (Å²) in [5.41, 5.74) is 0.578. The SMILES string of the molecule is C[C@@H]1CCCC[C@@H]1N1C(=O)C(=O)N(Cc2ccc(Cl)cc2Cl)C1=O. The zero-order chi connectivity index (χ0) is 17.4. The lowest BCUT2D eigenvalue weighted by Crippen LogP contribution is -2.46. The van der Waals surface area contributed by atoms with E-state index in [4.69, 9.17) is 23.2 Å². The Morgan fingerprint density at radius 1 is 1.08 bits per heavy atom. The van der Waals surface area contributed by atoms with E-state index < -0.39 is 17.8 Å². The maximum atomic E-state index is 12.7. The van der Waals surface area contributed by atoms with E-state index in [1.54, 1.807) is 18.2 Å². The Morgan fingerprint density at radius 2 is 1.79 bits per heavy atom. The summed E-state index contributed by atoms with van der Waals surface area (Å²) in [6.45, 7) is 1.99. The molecule has 1 aromatic carbocycles. The van der Waals surface area contributed by atoms with Gasteiger partial charge >= 0.3 is 17.8 Å². The van der Waals surface area contributed by atoms with Crippen molar-refractivity contribution in [2.75, 3.05) is 0 Å². The average Bonchev–Trinajstić information content (AvgIpc) is 2.74. The highest BCUT2D eigenvalue weighted by Gasteiger charge is 2.49. The largest absolute Gasteiger partial charge is 0.334 e. The Morgan fingerprint density at radius 3 is 2.46 bits per heavy atom. The van der Waals surface area contributed by atoms with Crippen molar-refractivity contribution < 1.29 is 14.4 Å². The molecule has 24 heavy (non-hydrogen) atoms. The van der Waals surface area contributed by atoms with Gasteiger partial charge in [0.15, 0.2) is 0 Å². The zero-order valence-electron chi connectivity index (χ0n) is 13.3. The number of nitrogens with zero attached hydrogens (tertiary/aromatic N) is 2. The molecule has 1 aromatic rings. The average molecular weight is 369 g/mol. The van der Waals surface area contributed by atoms with Crippen molar-refractivity contribution in [2.24, 2.45) is 5.92 Å². The van der Waals surface area contributed by atoms with Gasteiger partial charge in [-0.05, 0) is 36.5 Å². The van der Waals surface area contributed by atoms with E-state index in [2.05, 4.69) is 0 Å². The second-order valence-electron chi connectivity index (χ2n) is 6.41. The number of amides is 4. The smallest absolute Gasteiger partial charge is 0.263 e. The predicted octanol–water partition coefficient (Wildman–Crippen LogP) is 3.86. The second-order valence-corrected chi connectivity index (χ2v) is 7.26. The molecule has 5 nitrogen and oxygen atoms in total. The number of urea groups is 1. The number of benzene rings is 1. The van der Waals surface area contributed by atoms with Crippen molar-refractivity contribution in [3.05, 3.63) is 33.8 Å². The van der Waals surface area contributed by atoms with Gasteiger partial charge in [-0.3, -0.25) is 19.4 Å². The third-order valence-corrected chi connectivity index (χ3v) is 5.41. The minimum absolute atomic E-state index is 0.0307. The number of carbonyl (C=O) groups excluding carboxylic acids is 3. The van der Waals surface area contributed by atoms with Gasteiger partial charge in [0, 0.05) is 16.1 Å². The van der Waals surface area contributed by atoms with Crippen molar-refractivity contribution in [3.63, 3.8) is 0 Å². The lowest BCUT2D eigenvalue weighted by molar-refractivity contribution is -0.144. The molecule has 1 aliphatic carbocycles. The molecule has 2 fully saturated rings. The van der Waals surface area contributed by atoms with E-state index in [1.165, 1.54) is 0 Å². The van der Waals surface area contributed by atoms with Gasteiger partial charge in [-0.25, -0.2) is 4.79 Å². The van der Waals surface area contributed by atoms with Crippen LogP contribution in [0.2, 0.25) is 10.0 Å². The number of rotatable bonds is 3. The molecule has 7 heteroatoms. The molecule has 1 aliphatic heterocycles. The van der Waals surface area contributed by atoms with Crippen LogP contribution in [-0.4, -0.2) is 33.7 Å². The van der Waals surface area contributed by atoms with Crippen LogP contribution in [0, 0.1) is 5.92 Å². The Kier molecular flexibility index (Phi) is 4.83. The van der Waals surface area contributed by atoms with Gasteiger partial charge in [-0.2, -0.15) is 0 Å². The zero-order valence-corrected chi connectivity index (χ0v) is 14.8. The topological polar surface area (TPSA) is 57.7 Å². The van der Waals surface area contributed by atoms with Crippen LogP contribution in [0.4, 0.5) is 4.79 Å². The van der Waals surface area contributed by atoms with Crippen molar-refractivity contribution in [1.82, 2.24) is 9.80 Å². The molecule has 0 spiro atoms. The van der Waals surface area contributed by atoms with Crippen LogP contribution in [0.15, 0.2) is 18.2 Å². The Bertz CT molecular complexity index is 707. The maximum absolute atomic E-state index is 12.7. The van der Waals surface area contributed by atoms with Crippen molar-refractivity contribution in [3.8, 4) is 0 Å². The quantitative estimate of drug-likeness (QED) is 0.601. The van der Waals surface area contributed by atoms with E-state index in [0.29, 0.717) is 15.6 Å². The number of hydrogen-bond acceptors (Lipinski definition) is 3. The Hall–Kier alpha value is -1.59. The molecule has 0 aromatic heterocycles. The summed E-state index contributed by atoms with van der Waals surface area (Å²) in [5, 5.41) is 0.830. The van der Waals surface area contributed by atoms with Crippen LogP contribution in [0.1, 0.15) is 38.2 Å². The van der Waals surface area contributed by atoms with Crippen LogP contribution in [0.3, 0.4) is 0 Å². The summed E-state index contributed by atoms with van der Waals surface area (Å²) < 4.78 is 0. The van der Waals surface area contributed by atoms with Crippen LogP contribution in [0.25, 0.3) is 0 Å². The van der Waals surface area contributed by atoms with Crippen LogP contribution in [0.5, 0.6) is 0 Å². The fourth-order valence-corrected chi connectivity index (χ4v) is 3.92. The fraction of sp³-hybridized carbons (Fsp3) is 0.471. The first kappa shape index (κ1) is 17.2. The minimum atomic E-state index is -0.788. The summed E-state index contributed by atoms with van der Waals surface area (Å²) in [4.78, 5) is 39.5. The van der Waals surface area contributed by atoms with Crippen LogP contribution in [-0.2, 0) is 16.1 Å². The lowest BCUT2D eigenvalue weighted by Gasteiger charge is -2.34. The second kappa shape index (κ2) is 6.73. The molecular weight excluding hydrogens is 351 g/mol. The summed E-state index contributed by atoms with van der Waals surface area (Å²) in [6, 6.07) is 4.09. The molecule has 1 saturated carbocycles. The third-order valence-electron chi connectivity index (χ3n) is 4.83. The molecule has 4 amide bonds. The summed E-state index contributed by atoms with van der Waals surface area (Å²) in [5.74, 6) is -1.31. The van der Waals surface area contributed by atoms with Crippen LogP contribution < -0.4 is 0 Å². The molecule has 2 aliphatic rings. The minimum Gasteiger partial charge on any atom is -0.263 e. The third kappa shape index (κ3) is 3.03. The van der Waals surface area contributed by atoms with E-state index in [0.717, 1.165) is 35.5 Å². The van der Waals surface area contributed by atoms with Gasteiger partial charge in [0.1, 0.15) is 0 Å². The Labute approximate surface area is 150 Å². The van der Waals surface area contributed by atoms with Gasteiger partial charge in [0.05, 0.1) is 6.54 Å². The standard InChI is InChI=1S/C17H18Cl2N2O3/c1-10-4-2-3-5-14(10)21-16(23)15(22)20(17(21)24)9-11-6-7-12(18)8-13(11)19/h6-8,10,14H,2-5,9H2,1H3/t10-,14+/m1/s1. The highest BCUT2D eigenvalue weighted by atomic mass is 35.5. The molecule has 3 rings (SSSR count). The molecule has 128 valence electrons. The summed E-state index contributed by atoms with van der Waals surface area (Å²) in [7, 11) is 0. The van der Waals surface area contributed by atoms with Crippen molar-refractivity contribution >= 4 is 41.0 Å². The number of hydrogen-bond donors (Lipinski definition) is 0. The van der Waals surface area contributed by atoms with Gasteiger partial charge in [0.25, 0.3) is 0 Å². The first-order valence-corrected chi connectivity index (χ1v) is 8.78. The molecule has 0 unspecified atom stereocenters. The molecule has 1 heterocycles. The van der Waals surface area contributed by atoms with Gasteiger partial charge in [-0.15, -0.1) is 0 Å². The van der Waals surface area contributed by atoms with Crippen LogP contribution >= 0.6 is 23.2 Å². The molecule has 0 N–H and O–H groups in total.